The third-order valence-corrected chi connectivity index (χ3v) is 4.91. The molecule has 0 saturated heterocycles. The second kappa shape index (κ2) is 5.73. The largest absolute Gasteiger partial charge is 0.435 e. The van der Waals surface area contributed by atoms with Crippen molar-refractivity contribution < 1.29 is 26.3 Å². The van der Waals surface area contributed by atoms with Crippen molar-refractivity contribution in [2.75, 3.05) is 17.6 Å². The molecular formula is C12H18F3N3O3S. The van der Waals surface area contributed by atoms with E-state index in [2.05, 4.69) is 9.82 Å². The van der Waals surface area contributed by atoms with Crippen molar-refractivity contribution in [3.63, 3.8) is 0 Å². The monoisotopic (exact) mass is 341 g/mol. The number of hydrogen-bond acceptors (Lipinski definition) is 4. The van der Waals surface area contributed by atoms with E-state index in [0.717, 1.165) is 17.5 Å². The van der Waals surface area contributed by atoms with Gasteiger partial charge in [-0.3, -0.25) is 9.40 Å². The molecule has 1 aromatic rings. The van der Waals surface area contributed by atoms with Gasteiger partial charge in [0.2, 0.25) is 10.0 Å². The zero-order valence-electron chi connectivity index (χ0n) is 12.4. The highest BCUT2D eigenvalue weighted by Gasteiger charge is 2.39. The molecule has 1 saturated carbocycles. The van der Waals surface area contributed by atoms with Gasteiger partial charge in [-0.15, -0.1) is 0 Å². The van der Waals surface area contributed by atoms with E-state index < -0.39 is 28.0 Å². The molecule has 0 bridgehead atoms. The van der Waals surface area contributed by atoms with Crippen LogP contribution < -0.4 is 4.72 Å². The third-order valence-electron chi connectivity index (χ3n) is 3.64. The Morgan fingerprint density at radius 3 is 2.45 bits per heavy atom. The molecule has 0 radical (unpaired) electrons. The minimum absolute atomic E-state index is 0.182. The molecule has 22 heavy (non-hydrogen) atoms. The van der Waals surface area contributed by atoms with Gasteiger partial charge < -0.3 is 4.74 Å². The Kier molecular flexibility index (Phi) is 4.44. The fourth-order valence-electron chi connectivity index (χ4n) is 2.31. The molecule has 126 valence electrons. The van der Waals surface area contributed by atoms with Crippen molar-refractivity contribution in [1.29, 1.82) is 0 Å². The number of nitrogens with one attached hydrogen (secondary N) is 1. The maximum Gasteiger partial charge on any atom is 0.435 e. The molecule has 1 aliphatic carbocycles. The van der Waals surface area contributed by atoms with E-state index in [4.69, 9.17) is 4.74 Å². The third kappa shape index (κ3) is 3.72. The van der Waals surface area contributed by atoms with E-state index in [0.29, 0.717) is 0 Å². The van der Waals surface area contributed by atoms with Crippen molar-refractivity contribution in [3.8, 4) is 0 Å². The van der Waals surface area contributed by atoms with Crippen LogP contribution in [-0.2, 0) is 28.0 Å². The van der Waals surface area contributed by atoms with Gasteiger partial charge in [0.1, 0.15) is 5.82 Å². The Morgan fingerprint density at radius 1 is 1.45 bits per heavy atom. The second-order valence-electron chi connectivity index (χ2n) is 5.44. The van der Waals surface area contributed by atoms with Crippen molar-refractivity contribution >= 4 is 15.8 Å². The highest BCUT2D eigenvalue weighted by Crippen LogP contribution is 2.36. The fourth-order valence-corrected chi connectivity index (χ4v) is 3.82. The maximum atomic E-state index is 12.8. The molecular weight excluding hydrogens is 323 g/mol. The van der Waals surface area contributed by atoms with E-state index >= 15 is 0 Å². The van der Waals surface area contributed by atoms with Crippen molar-refractivity contribution in [2.45, 2.75) is 32.0 Å². The summed E-state index contributed by atoms with van der Waals surface area (Å²) in [5.74, 6) is -0.280. The number of rotatable bonds is 6. The van der Waals surface area contributed by atoms with Crippen molar-refractivity contribution in [3.05, 3.63) is 11.3 Å². The lowest BCUT2D eigenvalue weighted by atomic mass is 10.2. The topological polar surface area (TPSA) is 73.2 Å². The van der Waals surface area contributed by atoms with Crippen LogP contribution in [0.2, 0.25) is 0 Å². The summed E-state index contributed by atoms with van der Waals surface area (Å²) in [7, 11) is -1.15. The average molecular weight is 341 g/mol. The van der Waals surface area contributed by atoms with Crippen LogP contribution in [0.15, 0.2) is 0 Å². The summed E-state index contributed by atoms with van der Waals surface area (Å²) in [6.45, 7) is 1.18. The van der Waals surface area contributed by atoms with E-state index in [-0.39, 0.29) is 23.1 Å². The quantitative estimate of drug-likeness (QED) is 0.858. The predicted octanol–water partition coefficient (Wildman–Crippen LogP) is 1.91. The van der Waals surface area contributed by atoms with Crippen LogP contribution in [0.25, 0.3) is 0 Å². The van der Waals surface area contributed by atoms with E-state index in [9.17, 15) is 21.6 Å². The zero-order valence-corrected chi connectivity index (χ0v) is 13.3. The molecule has 0 aliphatic heterocycles. The minimum atomic E-state index is -4.63. The Morgan fingerprint density at radius 2 is 2.05 bits per heavy atom. The molecule has 2 rings (SSSR count). The van der Waals surface area contributed by atoms with Gasteiger partial charge in [0, 0.05) is 19.7 Å². The average Bonchev–Trinajstić information content (AvgIpc) is 3.17. The molecule has 1 atom stereocenters. The fraction of sp³-hybridized carbons (Fsp3) is 0.750. The minimum Gasteiger partial charge on any atom is -0.380 e. The molecule has 0 amide bonds. The zero-order chi connectivity index (χ0) is 16.7. The molecule has 1 N–H and O–H groups in total. The first kappa shape index (κ1) is 17.1. The van der Waals surface area contributed by atoms with Crippen LogP contribution in [0.3, 0.4) is 0 Å². The van der Waals surface area contributed by atoms with Crippen LogP contribution in [0.5, 0.6) is 0 Å². The molecule has 1 aliphatic rings. The van der Waals surface area contributed by atoms with Crippen LogP contribution >= 0.6 is 0 Å². The van der Waals surface area contributed by atoms with Gasteiger partial charge in [-0.2, -0.15) is 18.3 Å². The maximum absolute atomic E-state index is 12.8. The number of methoxy groups -OCH3 is 1. The Balaban J connectivity index is 2.21. The van der Waals surface area contributed by atoms with Crippen molar-refractivity contribution in [2.24, 2.45) is 13.0 Å². The first-order chi connectivity index (χ1) is 10.0. The van der Waals surface area contributed by atoms with Gasteiger partial charge in [0.05, 0.1) is 11.9 Å². The number of nitrogens with zero attached hydrogens (tertiary/aromatic N) is 2. The SMILES string of the molecule is COC(CS(=O)(=O)Nc1c(C)c(C(F)(F)F)nn1C)C1CC1. The van der Waals surface area contributed by atoms with Gasteiger partial charge in [-0.05, 0) is 25.7 Å². The van der Waals surface area contributed by atoms with Crippen LogP contribution in [0.4, 0.5) is 19.0 Å². The van der Waals surface area contributed by atoms with Gasteiger partial charge in [-0.1, -0.05) is 0 Å². The number of aryl methyl sites for hydroxylation is 1. The Bertz CT molecular complexity index is 651. The van der Waals surface area contributed by atoms with Crippen LogP contribution in [-0.4, -0.2) is 37.2 Å². The summed E-state index contributed by atoms with van der Waals surface area (Å²) in [4.78, 5) is 0. The number of sulfonamides is 1. The van der Waals surface area contributed by atoms with Gasteiger partial charge >= 0.3 is 6.18 Å². The molecule has 6 nitrogen and oxygen atoms in total. The highest BCUT2D eigenvalue weighted by molar-refractivity contribution is 7.92. The van der Waals surface area contributed by atoms with Gasteiger partial charge in [-0.25, -0.2) is 8.42 Å². The van der Waals surface area contributed by atoms with Gasteiger partial charge in [0.25, 0.3) is 0 Å². The summed E-state index contributed by atoms with van der Waals surface area (Å²) < 4.78 is 70.9. The highest BCUT2D eigenvalue weighted by atomic mass is 32.2. The molecule has 0 aromatic carbocycles. The summed E-state index contributed by atoms with van der Waals surface area (Å²) in [5, 5.41) is 3.35. The van der Waals surface area contributed by atoms with E-state index in [1.54, 1.807) is 0 Å². The number of hydrogen-bond donors (Lipinski definition) is 1. The van der Waals surface area contributed by atoms with Crippen LogP contribution in [0, 0.1) is 12.8 Å². The van der Waals surface area contributed by atoms with E-state index in [1.807, 2.05) is 0 Å². The smallest absolute Gasteiger partial charge is 0.380 e. The second-order valence-corrected chi connectivity index (χ2v) is 7.21. The predicted molar refractivity (Wildman–Crippen MR) is 73.9 cm³/mol. The molecule has 10 heteroatoms. The van der Waals surface area contributed by atoms with Crippen molar-refractivity contribution in [1.82, 2.24) is 9.78 Å². The molecule has 1 fully saturated rings. The van der Waals surface area contributed by atoms with Crippen LogP contribution in [0.1, 0.15) is 24.1 Å². The first-order valence-corrected chi connectivity index (χ1v) is 8.34. The number of ether oxygens (including phenoxy) is 1. The lowest BCUT2D eigenvalue weighted by molar-refractivity contribution is -0.141. The lowest BCUT2D eigenvalue weighted by Crippen LogP contribution is -2.30. The molecule has 0 spiro atoms. The number of alkyl halides is 3. The Labute approximate surface area is 126 Å². The van der Waals surface area contributed by atoms with E-state index in [1.165, 1.54) is 21.1 Å². The normalized spacial score (nSPS) is 17.5. The summed E-state index contributed by atoms with van der Waals surface area (Å²) in [5.41, 5.74) is -1.35. The number of aromatic nitrogens is 2. The lowest BCUT2D eigenvalue weighted by Gasteiger charge is -2.16. The number of anilines is 1. The standard InChI is InChI=1S/C12H18F3N3O3S/c1-7-10(12(13,14)15)16-18(2)11(7)17-22(19,20)6-9(21-3)8-4-5-8/h8-9,17H,4-6H2,1-3H3. The first-order valence-electron chi connectivity index (χ1n) is 6.69. The summed E-state index contributed by atoms with van der Waals surface area (Å²) >= 11 is 0. The molecule has 1 heterocycles. The number of halogens is 3. The van der Waals surface area contributed by atoms with Gasteiger partial charge in [0.15, 0.2) is 5.69 Å². The summed E-state index contributed by atoms with van der Waals surface area (Å²) in [6.07, 6.45) is -3.28. The molecule has 1 unspecified atom stereocenters. The molecule has 1 aromatic heterocycles. The Hall–Kier alpha value is -1.29. The summed E-state index contributed by atoms with van der Waals surface area (Å²) in [6, 6.07) is 0.